The van der Waals surface area contributed by atoms with E-state index in [9.17, 15) is 9.59 Å². The fourth-order valence-corrected chi connectivity index (χ4v) is 2.00. The highest BCUT2D eigenvalue weighted by molar-refractivity contribution is 6.01. The molecule has 96 valence electrons. The van der Waals surface area contributed by atoms with E-state index in [1.807, 2.05) is 0 Å². The molecular formula is C12H16N4O2. The smallest absolute Gasteiger partial charge is 0.250 e. The van der Waals surface area contributed by atoms with Gasteiger partial charge in [-0.15, -0.1) is 0 Å². The highest BCUT2D eigenvalue weighted by atomic mass is 16.2. The van der Waals surface area contributed by atoms with Crippen molar-refractivity contribution in [3.63, 3.8) is 0 Å². The van der Waals surface area contributed by atoms with Crippen molar-refractivity contribution in [2.45, 2.75) is 18.9 Å². The first-order chi connectivity index (χ1) is 8.59. The number of benzene rings is 1. The fourth-order valence-electron chi connectivity index (χ4n) is 2.00. The van der Waals surface area contributed by atoms with Crippen molar-refractivity contribution in [3.8, 4) is 0 Å². The number of amides is 2. The van der Waals surface area contributed by atoms with E-state index in [-0.39, 0.29) is 23.2 Å². The summed E-state index contributed by atoms with van der Waals surface area (Å²) in [7, 11) is 0. The van der Waals surface area contributed by atoms with Crippen molar-refractivity contribution in [1.82, 2.24) is 5.32 Å². The van der Waals surface area contributed by atoms with E-state index in [1.165, 1.54) is 0 Å². The van der Waals surface area contributed by atoms with Gasteiger partial charge < -0.3 is 22.1 Å². The van der Waals surface area contributed by atoms with Gasteiger partial charge in [-0.05, 0) is 25.0 Å². The molecule has 1 atom stereocenters. The second-order valence-corrected chi connectivity index (χ2v) is 4.26. The molecule has 2 rings (SSSR count). The normalized spacial score (nSPS) is 19.1. The predicted molar refractivity (Wildman–Crippen MR) is 69.0 cm³/mol. The van der Waals surface area contributed by atoms with Gasteiger partial charge in [-0.25, -0.2) is 0 Å². The van der Waals surface area contributed by atoms with Crippen molar-refractivity contribution in [3.05, 3.63) is 23.8 Å². The SMILES string of the molecule is NC(=O)c1cccc(NC2CCCNC2=O)c1N. The van der Waals surface area contributed by atoms with E-state index in [4.69, 9.17) is 11.5 Å². The lowest BCUT2D eigenvalue weighted by atomic mass is 10.1. The second-order valence-electron chi connectivity index (χ2n) is 4.26. The third kappa shape index (κ3) is 2.37. The number of anilines is 2. The van der Waals surface area contributed by atoms with Crippen LogP contribution >= 0.6 is 0 Å². The highest BCUT2D eigenvalue weighted by Crippen LogP contribution is 2.24. The maximum atomic E-state index is 11.6. The van der Waals surface area contributed by atoms with Crippen LogP contribution in [0.2, 0.25) is 0 Å². The van der Waals surface area contributed by atoms with Crippen LogP contribution in [0.4, 0.5) is 11.4 Å². The number of hydrogen-bond acceptors (Lipinski definition) is 4. The molecular weight excluding hydrogens is 232 g/mol. The number of para-hydroxylation sites is 1. The number of nitrogens with one attached hydrogen (secondary N) is 2. The number of carbonyl (C=O) groups excluding carboxylic acids is 2. The van der Waals surface area contributed by atoms with Crippen LogP contribution in [0, 0.1) is 0 Å². The highest BCUT2D eigenvalue weighted by Gasteiger charge is 2.22. The first-order valence-electron chi connectivity index (χ1n) is 5.82. The third-order valence-corrected chi connectivity index (χ3v) is 2.99. The molecule has 0 saturated carbocycles. The first-order valence-corrected chi connectivity index (χ1v) is 5.82. The minimum absolute atomic E-state index is 0.0508. The Labute approximate surface area is 105 Å². The van der Waals surface area contributed by atoms with E-state index in [0.717, 1.165) is 12.8 Å². The van der Waals surface area contributed by atoms with Crippen LogP contribution in [0.15, 0.2) is 18.2 Å². The summed E-state index contributed by atoms with van der Waals surface area (Å²) in [6, 6.07) is 4.65. The molecule has 0 aromatic heterocycles. The van der Waals surface area contributed by atoms with E-state index in [1.54, 1.807) is 18.2 Å². The first kappa shape index (κ1) is 12.2. The van der Waals surface area contributed by atoms with Crippen LogP contribution in [0.1, 0.15) is 23.2 Å². The number of piperidine rings is 1. The maximum Gasteiger partial charge on any atom is 0.250 e. The Balaban J connectivity index is 2.21. The van der Waals surface area contributed by atoms with Gasteiger partial charge >= 0.3 is 0 Å². The molecule has 1 saturated heterocycles. The fraction of sp³-hybridized carbons (Fsp3) is 0.333. The van der Waals surface area contributed by atoms with Gasteiger partial charge in [0.15, 0.2) is 0 Å². The van der Waals surface area contributed by atoms with Gasteiger partial charge in [0.25, 0.3) is 5.91 Å². The molecule has 6 N–H and O–H groups in total. The average molecular weight is 248 g/mol. The molecule has 1 aliphatic heterocycles. The summed E-state index contributed by atoms with van der Waals surface area (Å²) in [6.45, 7) is 0.702. The summed E-state index contributed by atoms with van der Waals surface area (Å²) >= 11 is 0. The minimum atomic E-state index is -0.579. The van der Waals surface area contributed by atoms with Gasteiger partial charge in [0, 0.05) is 6.54 Å². The van der Waals surface area contributed by atoms with Crippen LogP contribution in [0.3, 0.4) is 0 Å². The Bertz CT molecular complexity index is 487. The molecule has 0 bridgehead atoms. The number of nitrogen functional groups attached to an aromatic ring is 1. The molecule has 2 amide bonds. The van der Waals surface area contributed by atoms with Crippen LogP contribution < -0.4 is 22.1 Å². The van der Waals surface area contributed by atoms with Crippen LogP contribution in [0.25, 0.3) is 0 Å². The minimum Gasteiger partial charge on any atom is -0.396 e. The number of rotatable bonds is 3. The molecule has 1 aromatic rings. The molecule has 0 aliphatic carbocycles. The zero-order chi connectivity index (χ0) is 13.1. The van der Waals surface area contributed by atoms with Crippen LogP contribution in [-0.2, 0) is 4.79 Å². The summed E-state index contributed by atoms with van der Waals surface area (Å²) in [5.41, 5.74) is 12.2. The molecule has 0 radical (unpaired) electrons. The van der Waals surface area contributed by atoms with Gasteiger partial charge in [0.1, 0.15) is 6.04 Å². The standard InChI is InChI=1S/C12H16N4O2/c13-10-7(11(14)17)3-1-4-8(10)16-9-5-2-6-15-12(9)18/h1,3-4,9,16H,2,5-6,13H2,(H2,14,17)(H,15,18). The third-order valence-electron chi connectivity index (χ3n) is 2.99. The molecule has 1 aromatic carbocycles. The Morgan fingerprint density at radius 3 is 2.89 bits per heavy atom. The number of nitrogens with two attached hydrogens (primary N) is 2. The second kappa shape index (κ2) is 4.95. The molecule has 1 heterocycles. The predicted octanol–water partition coefficient (Wildman–Crippen LogP) is 0.0582. The van der Waals surface area contributed by atoms with Crippen molar-refractivity contribution in [2.24, 2.45) is 5.73 Å². The van der Waals surface area contributed by atoms with Gasteiger partial charge in [0.2, 0.25) is 5.91 Å². The molecule has 0 spiro atoms. The Hall–Kier alpha value is -2.24. The van der Waals surface area contributed by atoms with Gasteiger partial charge in [-0.2, -0.15) is 0 Å². The quantitative estimate of drug-likeness (QED) is 0.567. The zero-order valence-corrected chi connectivity index (χ0v) is 9.90. The molecule has 18 heavy (non-hydrogen) atoms. The molecule has 1 unspecified atom stereocenters. The summed E-state index contributed by atoms with van der Waals surface area (Å²) < 4.78 is 0. The number of primary amides is 1. The number of carbonyl (C=O) groups is 2. The maximum absolute atomic E-state index is 11.6. The Morgan fingerprint density at radius 2 is 2.22 bits per heavy atom. The number of hydrogen-bond donors (Lipinski definition) is 4. The van der Waals surface area contributed by atoms with Crippen molar-refractivity contribution in [1.29, 1.82) is 0 Å². The Morgan fingerprint density at radius 1 is 1.44 bits per heavy atom. The summed E-state index contributed by atoms with van der Waals surface area (Å²) in [6.07, 6.45) is 1.66. The van der Waals surface area contributed by atoms with E-state index in [2.05, 4.69) is 10.6 Å². The van der Waals surface area contributed by atoms with Crippen molar-refractivity contribution in [2.75, 3.05) is 17.6 Å². The van der Waals surface area contributed by atoms with E-state index in [0.29, 0.717) is 12.2 Å². The Kier molecular flexibility index (Phi) is 3.36. The lowest BCUT2D eigenvalue weighted by Crippen LogP contribution is -2.44. The lowest BCUT2D eigenvalue weighted by Gasteiger charge is -2.24. The lowest BCUT2D eigenvalue weighted by molar-refractivity contribution is -0.123. The van der Waals surface area contributed by atoms with Crippen LogP contribution in [0.5, 0.6) is 0 Å². The molecule has 6 heteroatoms. The van der Waals surface area contributed by atoms with Crippen molar-refractivity contribution >= 4 is 23.2 Å². The average Bonchev–Trinajstić information content (AvgIpc) is 2.34. The zero-order valence-electron chi connectivity index (χ0n) is 9.90. The summed E-state index contributed by atoms with van der Waals surface area (Å²) in [5, 5.41) is 5.82. The van der Waals surface area contributed by atoms with E-state index >= 15 is 0 Å². The van der Waals surface area contributed by atoms with Gasteiger partial charge in [-0.3, -0.25) is 9.59 Å². The van der Waals surface area contributed by atoms with Gasteiger partial charge in [-0.1, -0.05) is 6.07 Å². The summed E-state index contributed by atoms with van der Waals surface area (Å²) in [4.78, 5) is 22.8. The molecule has 6 nitrogen and oxygen atoms in total. The van der Waals surface area contributed by atoms with Crippen molar-refractivity contribution < 1.29 is 9.59 Å². The van der Waals surface area contributed by atoms with Crippen LogP contribution in [-0.4, -0.2) is 24.4 Å². The summed E-state index contributed by atoms with van der Waals surface area (Å²) in [5.74, 6) is -0.630. The monoisotopic (exact) mass is 248 g/mol. The van der Waals surface area contributed by atoms with Gasteiger partial charge in [0.05, 0.1) is 16.9 Å². The van der Waals surface area contributed by atoms with E-state index < -0.39 is 5.91 Å². The molecule has 1 fully saturated rings. The topological polar surface area (TPSA) is 110 Å². The molecule has 1 aliphatic rings. The largest absolute Gasteiger partial charge is 0.396 e.